The van der Waals surface area contributed by atoms with Crippen molar-refractivity contribution in [2.45, 2.75) is 32.9 Å². The van der Waals surface area contributed by atoms with Crippen LogP contribution in [0.2, 0.25) is 0 Å². The SMILES string of the molecule is CC(C)OC(=O)[C@@H](C)N[P@](=O)(Oc1ccccc1)Oc1ccc([N+](=O)[O-])cc1. The van der Waals surface area contributed by atoms with Crippen LogP contribution in [0.15, 0.2) is 54.6 Å². The average Bonchev–Trinajstić information content (AvgIpc) is 2.62. The summed E-state index contributed by atoms with van der Waals surface area (Å²) in [6, 6.07) is 12.3. The number of nitro benzene ring substituents is 1. The summed E-state index contributed by atoms with van der Waals surface area (Å²) < 4.78 is 29.3. The predicted octanol–water partition coefficient (Wildman–Crippen LogP) is 4.09. The zero-order valence-corrected chi connectivity index (χ0v) is 16.5. The Kier molecular flexibility index (Phi) is 7.14. The van der Waals surface area contributed by atoms with Crippen molar-refractivity contribution in [1.82, 2.24) is 5.09 Å². The van der Waals surface area contributed by atoms with Crippen LogP contribution in [0.25, 0.3) is 0 Å². The third-order valence-electron chi connectivity index (χ3n) is 3.30. The van der Waals surface area contributed by atoms with Gasteiger partial charge in [0.05, 0.1) is 11.0 Å². The molecule has 9 nitrogen and oxygen atoms in total. The third-order valence-corrected chi connectivity index (χ3v) is 4.90. The van der Waals surface area contributed by atoms with E-state index in [1.54, 1.807) is 44.2 Å². The number of carbonyl (C=O) groups is 1. The van der Waals surface area contributed by atoms with Crippen LogP contribution < -0.4 is 14.1 Å². The fourth-order valence-electron chi connectivity index (χ4n) is 2.08. The first-order valence-corrected chi connectivity index (χ1v) is 10.00. The predicted molar refractivity (Wildman–Crippen MR) is 102 cm³/mol. The second kappa shape index (κ2) is 9.34. The summed E-state index contributed by atoms with van der Waals surface area (Å²) in [5, 5.41) is 13.3. The molecule has 2 aromatic rings. The third kappa shape index (κ3) is 6.37. The summed E-state index contributed by atoms with van der Waals surface area (Å²) >= 11 is 0. The molecule has 28 heavy (non-hydrogen) atoms. The van der Waals surface area contributed by atoms with Crippen LogP contribution in [0.3, 0.4) is 0 Å². The number of nitrogens with one attached hydrogen (secondary N) is 1. The van der Waals surface area contributed by atoms with Gasteiger partial charge in [0.25, 0.3) is 5.69 Å². The number of hydrogen-bond donors (Lipinski definition) is 1. The molecule has 0 aromatic heterocycles. The lowest BCUT2D eigenvalue weighted by Gasteiger charge is -2.23. The van der Waals surface area contributed by atoms with Gasteiger partial charge in [-0.1, -0.05) is 18.2 Å². The van der Waals surface area contributed by atoms with Gasteiger partial charge in [-0.2, -0.15) is 5.09 Å². The van der Waals surface area contributed by atoms with E-state index in [4.69, 9.17) is 13.8 Å². The Morgan fingerprint density at radius 3 is 2.04 bits per heavy atom. The Bertz CT molecular complexity index is 856. The van der Waals surface area contributed by atoms with Crippen molar-refractivity contribution >= 4 is 19.4 Å². The molecule has 2 atom stereocenters. The molecule has 0 aliphatic rings. The highest BCUT2D eigenvalue weighted by molar-refractivity contribution is 7.52. The van der Waals surface area contributed by atoms with E-state index >= 15 is 0 Å². The van der Waals surface area contributed by atoms with E-state index in [-0.39, 0.29) is 23.3 Å². The van der Waals surface area contributed by atoms with E-state index in [9.17, 15) is 19.5 Å². The maximum atomic E-state index is 13.3. The quantitative estimate of drug-likeness (QED) is 0.285. The summed E-state index contributed by atoms with van der Waals surface area (Å²) in [4.78, 5) is 22.3. The topological polar surface area (TPSA) is 117 Å². The number of benzene rings is 2. The Morgan fingerprint density at radius 2 is 1.54 bits per heavy atom. The Hall–Kier alpha value is -2.90. The number of esters is 1. The van der Waals surface area contributed by atoms with Crippen molar-refractivity contribution in [1.29, 1.82) is 0 Å². The number of para-hydroxylation sites is 1. The second-order valence-corrected chi connectivity index (χ2v) is 7.70. The van der Waals surface area contributed by atoms with Crippen molar-refractivity contribution in [2.75, 3.05) is 0 Å². The minimum Gasteiger partial charge on any atom is -0.462 e. The van der Waals surface area contributed by atoms with Crippen LogP contribution in [-0.2, 0) is 14.1 Å². The summed E-state index contributed by atoms with van der Waals surface area (Å²) in [5.74, 6) is -0.300. The van der Waals surface area contributed by atoms with Crippen LogP contribution >= 0.6 is 7.75 Å². The van der Waals surface area contributed by atoms with Gasteiger partial charge in [0.2, 0.25) is 0 Å². The molecule has 150 valence electrons. The molecular formula is C18H21N2O7P. The lowest BCUT2D eigenvalue weighted by Crippen LogP contribution is -2.36. The van der Waals surface area contributed by atoms with Gasteiger partial charge in [-0.05, 0) is 45.0 Å². The molecule has 0 aliphatic carbocycles. The number of nitro groups is 1. The van der Waals surface area contributed by atoms with Crippen molar-refractivity contribution in [3.8, 4) is 11.5 Å². The Morgan fingerprint density at radius 1 is 1.00 bits per heavy atom. The second-order valence-electron chi connectivity index (χ2n) is 6.08. The minimum absolute atomic E-state index is 0.0711. The minimum atomic E-state index is -4.08. The Balaban J connectivity index is 2.23. The van der Waals surface area contributed by atoms with Gasteiger partial charge in [0.15, 0.2) is 0 Å². The smallest absolute Gasteiger partial charge is 0.462 e. The van der Waals surface area contributed by atoms with Crippen LogP contribution in [0.4, 0.5) is 5.69 Å². The van der Waals surface area contributed by atoms with Gasteiger partial charge in [0.1, 0.15) is 17.5 Å². The first-order valence-electron chi connectivity index (χ1n) is 8.45. The van der Waals surface area contributed by atoms with Crippen molar-refractivity contribution < 1.29 is 28.1 Å². The van der Waals surface area contributed by atoms with Crippen molar-refractivity contribution in [2.24, 2.45) is 0 Å². The summed E-state index contributed by atoms with van der Waals surface area (Å²) in [6.07, 6.45) is -0.346. The molecule has 0 amide bonds. The van der Waals surface area contributed by atoms with E-state index in [0.29, 0.717) is 0 Å². The number of rotatable bonds is 9. The lowest BCUT2D eigenvalue weighted by atomic mass is 10.3. The van der Waals surface area contributed by atoms with E-state index < -0.39 is 24.7 Å². The molecule has 0 aliphatic heterocycles. The van der Waals surface area contributed by atoms with Crippen LogP contribution in [0.1, 0.15) is 20.8 Å². The Labute approximate surface area is 162 Å². The van der Waals surface area contributed by atoms with Gasteiger partial charge < -0.3 is 13.8 Å². The molecule has 0 saturated heterocycles. The molecule has 0 spiro atoms. The molecule has 0 radical (unpaired) electrons. The zero-order valence-electron chi connectivity index (χ0n) is 15.6. The highest BCUT2D eigenvalue weighted by Crippen LogP contribution is 2.45. The van der Waals surface area contributed by atoms with Crippen molar-refractivity contribution in [3.05, 3.63) is 64.7 Å². The molecule has 1 N–H and O–H groups in total. The number of non-ortho nitro benzene ring substituents is 1. The first kappa shape index (κ1) is 21.4. The standard InChI is InChI=1S/C18H21N2O7P/c1-13(2)25-18(21)14(3)19-28(24,26-16-7-5-4-6-8-16)27-17-11-9-15(10-12-17)20(22)23/h4-14H,1-3H3,(H,19,24)/t14-,28+/m1/s1. The number of hydrogen-bond acceptors (Lipinski definition) is 7. The summed E-state index contributed by atoms with van der Waals surface area (Å²) in [6.45, 7) is 4.85. The maximum Gasteiger partial charge on any atom is 0.513 e. The normalized spacial score (nSPS) is 14.0. The molecular weight excluding hydrogens is 387 g/mol. The van der Waals surface area contributed by atoms with E-state index in [0.717, 1.165) is 0 Å². The first-order chi connectivity index (χ1) is 13.2. The molecule has 0 fully saturated rings. The van der Waals surface area contributed by atoms with E-state index in [1.165, 1.54) is 31.2 Å². The van der Waals surface area contributed by atoms with Crippen LogP contribution in [0, 0.1) is 10.1 Å². The molecule has 2 aromatic carbocycles. The van der Waals surface area contributed by atoms with Gasteiger partial charge >= 0.3 is 13.7 Å². The van der Waals surface area contributed by atoms with E-state index in [2.05, 4.69) is 5.09 Å². The molecule has 0 heterocycles. The van der Waals surface area contributed by atoms with E-state index in [1.807, 2.05) is 0 Å². The van der Waals surface area contributed by atoms with Gasteiger partial charge in [-0.15, -0.1) is 0 Å². The number of nitrogens with zero attached hydrogens (tertiary/aromatic N) is 1. The lowest BCUT2D eigenvalue weighted by molar-refractivity contribution is -0.384. The largest absolute Gasteiger partial charge is 0.513 e. The fraction of sp³-hybridized carbons (Fsp3) is 0.278. The molecule has 0 saturated carbocycles. The average molecular weight is 408 g/mol. The molecule has 0 unspecified atom stereocenters. The molecule has 10 heteroatoms. The molecule has 0 bridgehead atoms. The highest BCUT2D eigenvalue weighted by atomic mass is 31.2. The zero-order chi connectivity index (χ0) is 20.7. The number of carbonyl (C=O) groups excluding carboxylic acids is 1. The van der Waals surface area contributed by atoms with Gasteiger partial charge in [0, 0.05) is 12.1 Å². The summed E-state index contributed by atoms with van der Waals surface area (Å²) in [5.41, 5.74) is -0.145. The summed E-state index contributed by atoms with van der Waals surface area (Å²) in [7, 11) is -4.08. The van der Waals surface area contributed by atoms with Gasteiger partial charge in [-0.25, -0.2) is 4.57 Å². The highest BCUT2D eigenvalue weighted by Gasteiger charge is 2.34. The monoisotopic (exact) mass is 408 g/mol. The molecule has 2 rings (SSSR count). The fourth-order valence-corrected chi connectivity index (χ4v) is 3.60. The van der Waals surface area contributed by atoms with Gasteiger partial charge in [-0.3, -0.25) is 14.9 Å². The number of ether oxygens (including phenoxy) is 1. The maximum absolute atomic E-state index is 13.3. The van der Waals surface area contributed by atoms with Crippen LogP contribution in [0.5, 0.6) is 11.5 Å². The van der Waals surface area contributed by atoms with Crippen molar-refractivity contribution in [3.63, 3.8) is 0 Å². The van der Waals surface area contributed by atoms with Crippen LogP contribution in [-0.4, -0.2) is 23.0 Å².